The lowest BCUT2D eigenvalue weighted by molar-refractivity contribution is 0.581. The molecule has 3 aromatic rings. The average molecular weight is 354 g/mol. The van der Waals surface area contributed by atoms with Crippen molar-refractivity contribution in [3.05, 3.63) is 71.9 Å². The summed E-state index contributed by atoms with van der Waals surface area (Å²) in [6.07, 6.45) is 1.60. The van der Waals surface area contributed by atoms with Crippen LogP contribution in [0.25, 0.3) is 10.9 Å². The smallest absolute Gasteiger partial charge is 0.243 e. The third kappa shape index (κ3) is 3.89. The number of nitrogens with zero attached hydrogens (tertiary/aromatic N) is 1. The molecule has 0 radical (unpaired) electrons. The van der Waals surface area contributed by atoms with Crippen molar-refractivity contribution >= 4 is 20.9 Å². The standard InChI is InChI=1S/C20H22N2O2S/c1-20(2,3)17-11-9-15(10-12-17)14-22-25(23,24)18-8-4-6-16-7-5-13-21-19(16)18/h4-13,22H,14H2,1-3H3. The summed E-state index contributed by atoms with van der Waals surface area (Å²) in [5.74, 6) is 0. The lowest BCUT2D eigenvalue weighted by atomic mass is 9.87. The van der Waals surface area contributed by atoms with E-state index in [0.717, 1.165) is 10.9 Å². The fraction of sp³-hybridized carbons (Fsp3) is 0.250. The van der Waals surface area contributed by atoms with Crippen LogP contribution in [0.3, 0.4) is 0 Å². The second-order valence-electron chi connectivity index (χ2n) is 7.10. The molecule has 4 nitrogen and oxygen atoms in total. The molecule has 0 aliphatic carbocycles. The zero-order chi connectivity index (χ0) is 18.1. The molecule has 3 rings (SSSR count). The fourth-order valence-corrected chi connectivity index (χ4v) is 3.87. The number of fused-ring (bicyclic) bond motifs is 1. The maximum atomic E-state index is 12.7. The molecular weight excluding hydrogens is 332 g/mol. The van der Waals surface area contributed by atoms with E-state index in [-0.39, 0.29) is 16.9 Å². The molecule has 0 amide bonds. The van der Waals surface area contributed by atoms with Crippen molar-refractivity contribution < 1.29 is 8.42 Å². The average Bonchev–Trinajstić information content (AvgIpc) is 2.59. The Morgan fingerprint density at radius 3 is 2.32 bits per heavy atom. The highest BCUT2D eigenvalue weighted by Crippen LogP contribution is 2.23. The highest BCUT2D eigenvalue weighted by molar-refractivity contribution is 7.89. The van der Waals surface area contributed by atoms with Crippen LogP contribution in [-0.4, -0.2) is 13.4 Å². The summed E-state index contributed by atoms with van der Waals surface area (Å²) in [5, 5.41) is 0.805. The number of aromatic nitrogens is 1. The zero-order valence-corrected chi connectivity index (χ0v) is 15.5. The summed E-state index contributed by atoms with van der Waals surface area (Å²) < 4.78 is 28.1. The summed E-state index contributed by atoms with van der Waals surface area (Å²) in [6.45, 7) is 6.70. The number of rotatable bonds is 4. The number of pyridine rings is 1. The van der Waals surface area contributed by atoms with Crippen LogP contribution in [-0.2, 0) is 22.0 Å². The summed E-state index contributed by atoms with van der Waals surface area (Å²) in [7, 11) is -3.64. The Hall–Kier alpha value is -2.24. The van der Waals surface area contributed by atoms with Crippen molar-refractivity contribution in [2.75, 3.05) is 0 Å². The van der Waals surface area contributed by atoms with E-state index in [1.165, 1.54) is 5.56 Å². The third-order valence-corrected chi connectivity index (χ3v) is 5.60. The van der Waals surface area contributed by atoms with Crippen LogP contribution in [0.4, 0.5) is 0 Å². The molecule has 0 aliphatic heterocycles. The van der Waals surface area contributed by atoms with Crippen molar-refractivity contribution in [2.45, 2.75) is 37.6 Å². The Kier molecular flexibility index (Phi) is 4.62. The number of sulfonamides is 1. The van der Waals surface area contributed by atoms with Crippen molar-refractivity contribution in [1.82, 2.24) is 9.71 Å². The monoisotopic (exact) mass is 354 g/mol. The van der Waals surface area contributed by atoms with E-state index in [9.17, 15) is 8.42 Å². The lowest BCUT2D eigenvalue weighted by Gasteiger charge is -2.19. The number of nitrogens with one attached hydrogen (secondary N) is 1. The van der Waals surface area contributed by atoms with Crippen molar-refractivity contribution in [3.63, 3.8) is 0 Å². The maximum absolute atomic E-state index is 12.7. The van der Waals surface area contributed by atoms with E-state index in [1.54, 1.807) is 24.4 Å². The third-order valence-electron chi connectivity index (χ3n) is 4.17. The van der Waals surface area contributed by atoms with E-state index in [1.807, 2.05) is 36.4 Å². The van der Waals surface area contributed by atoms with Gasteiger partial charge in [-0.3, -0.25) is 4.98 Å². The molecule has 25 heavy (non-hydrogen) atoms. The first kappa shape index (κ1) is 17.6. The zero-order valence-electron chi connectivity index (χ0n) is 14.7. The van der Waals surface area contributed by atoms with Gasteiger partial charge in [0.15, 0.2) is 0 Å². The van der Waals surface area contributed by atoms with Crippen LogP contribution >= 0.6 is 0 Å². The van der Waals surface area contributed by atoms with Gasteiger partial charge in [0.2, 0.25) is 10.0 Å². The van der Waals surface area contributed by atoms with Gasteiger partial charge >= 0.3 is 0 Å². The summed E-state index contributed by atoms with van der Waals surface area (Å²) in [6, 6.07) is 16.8. The Bertz CT molecular complexity index is 983. The fourth-order valence-electron chi connectivity index (χ4n) is 2.67. The molecular formula is C20H22N2O2S. The molecule has 0 atom stereocenters. The second kappa shape index (κ2) is 6.58. The van der Waals surface area contributed by atoms with E-state index >= 15 is 0 Å². The first-order valence-electron chi connectivity index (χ1n) is 8.20. The van der Waals surface area contributed by atoms with Crippen LogP contribution in [0.2, 0.25) is 0 Å². The van der Waals surface area contributed by atoms with Crippen LogP contribution in [0, 0.1) is 0 Å². The number of para-hydroxylation sites is 1. The van der Waals surface area contributed by atoms with Gasteiger partial charge in [-0.05, 0) is 28.7 Å². The van der Waals surface area contributed by atoms with Crippen LogP contribution in [0.15, 0.2) is 65.7 Å². The molecule has 1 heterocycles. The SMILES string of the molecule is CC(C)(C)c1ccc(CNS(=O)(=O)c2cccc3cccnc23)cc1. The maximum Gasteiger partial charge on any atom is 0.243 e. The number of hydrogen-bond donors (Lipinski definition) is 1. The van der Waals surface area contributed by atoms with Crippen molar-refractivity contribution in [2.24, 2.45) is 0 Å². The lowest BCUT2D eigenvalue weighted by Crippen LogP contribution is -2.23. The largest absolute Gasteiger partial charge is 0.255 e. The topological polar surface area (TPSA) is 59.1 Å². The highest BCUT2D eigenvalue weighted by Gasteiger charge is 2.18. The van der Waals surface area contributed by atoms with E-state index < -0.39 is 10.0 Å². The highest BCUT2D eigenvalue weighted by atomic mass is 32.2. The van der Waals surface area contributed by atoms with Gasteiger partial charge < -0.3 is 0 Å². The van der Waals surface area contributed by atoms with Gasteiger partial charge in [0.1, 0.15) is 4.90 Å². The first-order valence-corrected chi connectivity index (χ1v) is 9.68. The molecule has 1 aromatic heterocycles. The molecule has 0 bridgehead atoms. The van der Waals surface area contributed by atoms with Gasteiger partial charge in [-0.1, -0.05) is 63.2 Å². The molecule has 0 saturated carbocycles. The van der Waals surface area contributed by atoms with Crippen LogP contribution in [0.5, 0.6) is 0 Å². The first-order chi connectivity index (χ1) is 11.8. The van der Waals surface area contributed by atoms with E-state index in [0.29, 0.717) is 5.52 Å². The van der Waals surface area contributed by atoms with Crippen molar-refractivity contribution in [1.29, 1.82) is 0 Å². The molecule has 0 saturated heterocycles. The van der Waals surface area contributed by atoms with Crippen LogP contribution < -0.4 is 4.72 Å². The molecule has 130 valence electrons. The van der Waals surface area contributed by atoms with Gasteiger partial charge in [0, 0.05) is 18.1 Å². The Labute approximate surface area is 149 Å². The summed E-state index contributed by atoms with van der Waals surface area (Å²) in [5.41, 5.74) is 2.70. The minimum absolute atomic E-state index is 0.0761. The minimum atomic E-state index is -3.64. The Morgan fingerprint density at radius 1 is 0.960 bits per heavy atom. The normalized spacial score (nSPS) is 12.4. The minimum Gasteiger partial charge on any atom is -0.255 e. The van der Waals surface area contributed by atoms with E-state index in [2.05, 4.69) is 30.5 Å². The predicted octanol–water partition coefficient (Wildman–Crippen LogP) is 4.01. The summed E-state index contributed by atoms with van der Waals surface area (Å²) >= 11 is 0. The van der Waals surface area contributed by atoms with Gasteiger partial charge in [-0.2, -0.15) is 0 Å². The molecule has 0 spiro atoms. The number of benzene rings is 2. The molecule has 2 aromatic carbocycles. The van der Waals surface area contributed by atoms with Gasteiger partial charge in [0.05, 0.1) is 5.52 Å². The van der Waals surface area contributed by atoms with Crippen molar-refractivity contribution in [3.8, 4) is 0 Å². The quantitative estimate of drug-likeness (QED) is 0.770. The molecule has 0 aliphatic rings. The van der Waals surface area contributed by atoms with Gasteiger partial charge in [-0.15, -0.1) is 0 Å². The van der Waals surface area contributed by atoms with E-state index in [4.69, 9.17) is 0 Å². The molecule has 0 unspecified atom stereocenters. The molecule has 1 N–H and O–H groups in total. The van der Waals surface area contributed by atoms with Crippen LogP contribution in [0.1, 0.15) is 31.9 Å². The molecule has 0 fully saturated rings. The number of hydrogen-bond acceptors (Lipinski definition) is 3. The molecule has 5 heteroatoms. The van der Waals surface area contributed by atoms with Gasteiger partial charge in [-0.25, -0.2) is 13.1 Å². The summed E-state index contributed by atoms with van der Waals surface area (Å²) in [4.78, 5) is 4.43. The predicted molar refractivity (Wildman–Crippen MR) is 101 cm³/mol. The Morgan fingerprint density at radius 2 is 1.64 bits per heavy atom. The van der Waals surface area contributed by atoms with Gasteiger partial charge in [0.25, 0.3) is 0 Å². The Balaban J connectivity index is 1.82. The second-order valence-corrected chi connectivity index (χ2v) is 8.84.